The van der Waals surface area contributed by atoms with E-state index >= 15 is 0 Å². The number of hydrogen-bond donors (Lipinski definition) is 2. The molecule has 4 aromatic rings. The number of fused-ring (bicyclic) bond motifs is 6. The van der Waals surface area contributed by atoms with E-state index in [4.69, 9.17) is 5.11 Å². The summed E-state index contributed by atoms with van der Waals surface area (Å²) in [7, 11) is -3.99. The predicted octanol–water partition coefficient (Wildman–Crippen LogP) is 11.1. The number of anilines is 1. The molecule has 8 heteroatoms. The number of nitrogens with zero attached hydrogens (tertiary/aromatic N) is 2. The molecule has 0 bridgehead atoms. The Bertz CT molecular complexity index is 2460. The van der Waals surface area contributed by atoms with Crippen molar-refractivity contribution >= 4 is 54.7 Å². The van der Waals surface area contributed by atoms with Gasteiger partial charge >= 0.3 is 5.97 Å². The molecule has 0 radical (unpaired) electrons. The topological polar surface area (TPSA) is 97.9 Å². The molecule has 0 spiro atoms. The number of allylic oxidation sites excluding steroid dienone is 12. The maximum Gasteiger partial charge on any atom is 0.303 e. The van der Waals surface area contributed by atoms with Crippen LogP contribution >= 0.6 is 0 Å². The molecule has 7 nitrogen and oxygen atoms in total. The number of carboxylic acid groups (broad SMARTS) is 1. The average molecular weight is 784 g/mol. The summed E-state index contributed by atoms with van der Waals surface area (Å²) in [5.41, 5.74) is 6.87. The van der Waals surface area contributed by atoms with Gasteiger partial charge in [-0.2, -0.15) is 13.0 Å². The SMILES string of the molecule is CC1(C)C(/C=C/C=C/C=C/C=C/C=C/C=C2/N(CCCCS(=O)(=O)O)c3ccc4ccccc4c3C2(C)C)=[N+](CCCCCC(=O)O)c2ccc3ccccc3c21. The molecule has 57 heavy (non-hydrogen) atoms. The monoisotopic (exact) mass is 783 g/mol. The third kappa shape index (κ3) is 9.46. The van der Waals surface area contributed by atoms with E-state index in [9.17, 15) is 17.8 Å². The fourth-order valence-electron chi connectivity index (χ4n) is 8.57. The van der Waals surface area contributed by atoms with E-state index < -0.39 is 16.1 Å². The fourth-order valence-corrected chi connectivity index (χ4v) is 9.14. The number of carbonyl (C=O) groups is 1. The lowest BCUT2D eigenvalue weighted by atomic mass is 9.79. The van der Waals surface area contributed by atoms with Gasteiger partial charge in [0.15, 0.2) is 5.71 Å². The molecule has 0 aromatic heterocycles. The fraction of sp³-hybridized carbons (Fsp3) is 0.306. The van der Waals surface area contributed by atoms with Gasteiger partial charge in [-0.3, -0.25) is 9.35 Å². The molecule has 6 rings (SSSR count). The minimum atomic E-state index is -3.99. The molecule has 2 aliphatic rings. The molecular weight excluding hydrogens is 729 g/mol. The predicted molar refractivity (Wildman–Crippen MR) is 237 cm³/mol. The lowest BCUT2D eigenvalue weighted by Gasteiger charge is -2.27. The molecule has 0 saturated heterocycles. The second-order valence-corrected chi connectivity index (χ2v) is 17.5. The summed E-state index contributed by atoms with van der Waals surface area (Å²) in [6.07, 6.45) is 26.3. The zero-order chi connectivity index (χ0) is 40.6. The highest BCUT2D eigenvalue weighted by molar-refractivity contribution is 7.85. The van der Waals surface area contributed by atoms with E-state index in [0.29, 0.717) is 25.8 Å². The Balaban J connectivity index is 1.13. The van der Waals surface area contributed by atoms with Crippen molar-refractivity contribution in [2.75, 3.05) is 23.7 Å². The van der Waals surface area contributed by atoms with Crippen LogP contribution in [0.5, 0.6) is 0 Å². The van der Waals surface area contributed by atoms with Gasteiger partial charge < -0.3 is 10.0 Å². The summed E-state index contributed by atoms with van der Waals surface area (Å²) >= 11 is 0. The molecule has 0 saturated carbocycles. The van der Waals surface area contributed by atoms with Crippen LogP contribution in [0.4, 0.5) is 11.4 Å². The van der Waals surface area contributed by atoms with Crippen molar-refractivity contribution in [1.82, 2.24) is 0 Å². The van der Waals surface area contributed by atoms with Gasteiger partial charge in [0.2, 0.25) is 5.69 Å². The molecule has 2 aliphatic heterocycles. The van der Waals surface area contributed by atoms with Gasteiger partial charge in [-0.15, -0.1) is 0 Å². The molecule has 4 aromatic carbocycles. The van der Waals surface area contributed by atoms with Gasteiger partial charge in [-0.25, -0.2) is 0 Å². The van der Waals surface area contributed by atoms with Crippen LogP contribution in [0.25, 0.3) is 21.5 Å². The number of aliphatic carboxylic acids is 1. The molecule has 2 heterocycles. The zero-order valence-electron chi connectivity index (χ0n) is 33.6. The van der Waals surface area contributed by atoms with Crippen molar-refractivity contribution in [2.24, 2.45) is 0 Å². The van der Waals surface area contributed by atoms with Crippen LogP contribution in [0.1, 0.15) is 77.3 Å². The van der Waals surface area contributed by atoms with Gasteiger partial charge in [0, 0.05) is 53.9 Å². The van der Waals surface area contributed by atoms with Crippen molar-refractivity contribution in [3.05, 3.63) is 156 Å². The van der Waals surface area contributed by atoms with E-state index in [1.54, 1.807) is 0 Å². The number of unbranched alkanes of at least 4 members (excludes halogenated alkanes) is 3. The number of rotatable bonds is 17. The van der Waals surface area contributed by atoms with Gasteiger partial charge in [0.25, 0.3) is 10.1 Å². The summed E-state index contributed by atoms with van der Waals surface area (Å²) in [6, 6.07) is 25.7. The van der Waals surface area contributed by atoms with Gasteiger partial charge in [0.1, 0.15) is 6.54 Å². The maximum absolute atomic E-state index is 11.4. The minimum Gasteiger partial charge on any atom is -0.481 e. The van der Waals surface area contributed by atoms with Crippen molar-refractivity contribution in [3.8, 4) is 0 Å². The molecular formula is C49H55N2O5S+. The van der Waals surface area contributed by atoms with E-state index in [2.05, 4.69) is 134 Å². The Labute approximate surface area is 338 Å². The second-order valence-electron chi connectivity index (χ2n) is 15.9. The van der Waals surface area contributed by atoms with E-state index in [0.717, 1.165) is 30.8 Å². The molecule has 0 amide bonds. The first-order valence-electron chi connectivity index (χ1n) is 20.0. The first-order chi connectivity index (χ1) is 27.3. The third-order valence-corrected chi connectivity index (χ3v) is 12.0. The summed E-state index contributed by atoms with van der Waals surface area (Å²) in [5.74, 6) is -0.975. The summed E-state index contributed by atoms with van der Waals surface area (Å²) in [6.45, 7) is 10.6. The summed E-state index contributed by atoms with van der Waals surface area (Å²) < 4.78 is 34.4. The molecule has 2 N–H and O–H groups in total. The van der Waals surface area contributed by atoms with E-state index in [1.807, 2.05) is 42.5 Å². The second kappa shape index (κ2) is 17.9. The lowest BCUT2D eigenvalue weighted by Crippen LogP contribution is -2.28. The zero-order valence-corrected chi connectivity index (χ0v) is 34.4. The number of hydrogen-bond acceptors (Lipinski definition) is 4. The quantitative estimate of drug-likeness (QED) is 0.0479. The average Bonchev–Trinajstić information content (AvgIpc) is 3.53. The van der Waals surface area contributed by atoms with Crippen molar-refractivity contribution in [3.63, 3.8) is 0 Å². The number of carboxylic acids is 1. The highest BCUT2D eigenvalue weighted by atomic mass is 32.2. The smallest absolute Gasteiger partial charge is 0.303 e. The van der Waals surface area contributed by atoms with E-state index in [-0.39, 0.29) is 23.0 Å². The van der Waals surface area contributed by atoms with Crippen LogP contribution in [0.3, 0.4) is 0 Å². The highest BCUT2D eigenvalue weighted by Crippen LogP contribution is 2.51. The Morgan fingerprint density at radius 2 is 1.28 bits per heavy atom. The molecule has 0 atom stereocenters. The van der Waals surface area contributed by atoms with Crippen LogP contribution in [-0.2, 0) is 25.7 Å². The van der Waals surface area contributed by atoms with Gasteiger partial charge in [-0.05, 0) is 84.8 Å². The molecule has 0 aliphatic carbocycles. The molecule has 296 valence electrons. The maximum atomic E-state index is 11.4. The van der Waals surface area contributed by atoms with Crippen molar-refractivity contribution < 1.29 is 27.4 Å². The Morgan fingerprint density at radius 1 is 0.684 bits per heavy atom. The largest absolute Gasteiger partial charge is 0.481 e. The van der Waals surface area contributed by atoms with Crippen LogP contribution in [0.15, 0.2) is 145 Å². The number of benzene rings is 4. The van der Waals surface area contributed by atoms with Crippen LogP contribution in [0.2, 0.25) is 0 Å². The summed E-state index contributed by atoms with van der Waals surface area (Å²) in [5, 5.41) is 14.0. The van der Waals surface area contributed by atoms with Crippen LogP contribution in [0, 0.1) is 0 Å². The van der Waals surface area contributed by atoms with E-state index in [1.165, 1.54) is 44.1 Å². The van der Waals surface area contributed by atoms with Gasteiger partial charge in [-0.1, -0.05) is 123 Å². The van der Waals surface area contributed by atoms with Gasteiger partial charge in [0.05, 0.1) is 11.2 Å². The lowest BCUT2D eigenvalue weighted by molar-refractivity contribution is -0.438. The molecule has 0 unspecified atom stereocenters. The Hall–Kier alpha value is -5.31. The Kier molecular flexibility index (Phi) is 13.0. The first kappa shape index (κ1) is 41.3. The minimum absolute atomic E-state index is 0.202. The standard InChI is InChI=1S/C49H54N2O5S/c1-48(2)43(50(34-20-12-15-29-45(52)53)41-32-30-37-23-16-18-25-39(37)46(41)48)27-13-10-8-6-5-7-9-11-14-28-44-49(3,4)47-40-26-19-17-24-38(40)31-33-42(47)51(44)35-21-22-36-57(54,55)56/h5-11,13-14,16-19,23-28,30-33H,12,15,20-22,29,34-36H2,1-4H3,(H-,52,53,54,55,56)/p+1. The van der Waals surface area contributed by atoms with Crippen LogP contribution in [-0.4, -0.2) is 53.2 Å². The third-order valence-electron chi connectivity index (χ3n) is 11.2. The highest BCUT2D eigenvalue weighted by Gasteiger charge is 2.45. The molecule has 0 fully saturated rings. The first-order valence-corrected chi connectivity index (χ1v) is 21.6. The van der Waals surface area contributed by atoms with Crippen molar-refractivity contribution in [1.29, 1.82) is 0 Å². The van der Waals surface area contributed by atoms with Crippen LogP contribution < -0.4 is 4.90 Å². The Morgan fingerprint density at radius 3 is 1.93 bits per heavy atom. The van der Waals surface area contributed by atoms with Crippen molar-refractivity contribution in [2.45, 2.75) is 77.0 Å². The summed E-state index contributed by atoms with van der Waals surface area (Å²) in [4.78, 5) is 13.3. The normalized spacial score (nSPS) is 17.3.